The lowest BCUT2D eigenvalue weighted by Crippen LogP contribution is -2.48. The highest BCUT2D eigenvalue weighted by atomic mass is 35.5. The van der Waals surface area contributed by atoms with Crippen LogP contribution >= 0.6 is 11.6 Å². The fraction of sp³-hybridized carbons (Fsp3) is 0.294. The lowest BCUT2D eigenvalue weighted by atomic mass is 10.1. The number of halogens is 2. The van der Waals surface area contributed by atoms with Crippen LogP contribution in [0.1, 0.15) is 16.1 Å². The Bertz CT molecular complexity index is 667. The van der Waals surface area contributed by atoms with E-state index in [2.05, 4.69) is 9.88 Å². The second kappa shape index (κ2) is 7.06. The molecule has 1 fully saturated rings. The third kappa shape index (κ3) is 3.68. The summed E-state index contributed by atoms with van der Waals surface area (Å²) in [5.41, 5.74) is 0.969. The van der Waals surface area contributed by atoms with Gasteiger partial charge in [-0.3, -0.25) is 14.7 Å². The highest BCUT2D eigenvalue weighted by Gasteiger charge is 2.25. The summed E-state index contributed by atoms with van der Waals surface area (Å²) in [7, 11) is 0. The number of carbonyl (C=O) groups is 1. The van der Waals surface area contributed by atoms with Gasteiger partial charge >= 0.3 is 0 Å². The van der Waals surface area contributed by atoms with Gasteiger partial charge in [-0.25, -0.2) is 4.39 Å². The molecule has 0 bridgehead atoms. The van der Waals surface area contributed by atoms with Crippen molar-refractivity contribution in [3.63, 3.8) is 0 Å². The summed E-state index contributed by atoms with van der Waals surface area (Å²) < 4.78 is 13.9. The summed E-state index contributed by atoms with van der Waals surface area (Å²) in [5, 5.41) is 0.158. The normalized spacial score (nSPS) is 15.7. The van der Waals surface area contributed by atoms with Gasteiger partial charge in [-0.1, -0.05) is 23.7 Å². The average Bonchev–Trinajstić information content (AvgIpc) is 2.56. The lowest BCUT2D eigenvalue weighted by molar-refractivity contribution is 0.0622. The topological polar surface area (TPSA) is 36.4 Å². The Morgan fingerprint density at radius 3 is 2.57 bits per heavy atom. The van der Waals surface area contributed by atoms with Crippen molar-refractivity contribution in [1.29, 1.82) is 0 Å². The zero-order valence-corrected chi connectivity index (χ0v) is 13.3. The molecule has 1 aliphatic rings. The van der Waals surface area contributed by atoms with E-state index in [0.29, 0.717) is 13.1 Å². The molecule has 120 valence electrons. The van der Waals surface area contributed by atoms with E-state index in [4.69, 9.17) is 11.6 Å². The Balaban J connectivity index is 1.62. The van der Waals surface area contributed by atoms with Crippen molar-refractivity contribution in [3.05, 3.63) is 64.7 Å². The molecule has 0 atom stereocenters. The number of hydrogen-bond donors (Lipinski definition) is 0. The molecule has 0 saturated carbocycles. The zero-order valence-electron chi connectivity index (χ0n) is 12.6. The van der Waals surface area contributed by atoms with E-state index in [1.165, 1.54) is 18.2 Å². The average molecular weight is 334 g/mol. The Hall–Kier alpha value is -1.98. The van der Waals surface area contributed by atoms with Crippen LogP contribution in [0, 0.1) is 5.82 Å². The number of amides is 1. The fourth-order valence-electron chi connectivity index (χ4n) is 2.69. The van der Waals surface area contributed by atoms with Crippen molar-refractivity contribution in [2.24, 2.45) is 0 Å². The van der Waals surface area contributed by atoms with Crippen molar-refractivity contribution in [2.75, 3.05) is 26.2 Å². The van der Waals surface area contributed by atoms with Crippen molar-refractivity contribution >= 4 is 17.5 Å². The number of nitrogens with zero attached hydrogens (tertiary/aromatic N) is 3. The van der Waals surface area contributed by atoms with Gasteiger partial charge < -0.3 is 4.90 Å². The van der Waals surface area contributed by atoms with Gasteiger partial charge in [-0.05, 0) is 24.3 Å². The Morgan fingerprint density at radius 2 is 1.91 bits per heavy atom. The van der Waals surface area contributed by atoms with E-state index in [9.17, 15) is 9.18 Å². The van der Waals surface area contributed by atoms with Crippen molar-refractivity contribution in [1.82, 2.24) is 14.8 Å². The standard InChI is InChI=1S/C17H17ClFN3O/c18-14-5-3-6-15(19)16(14)17(23)22-10-8-21(9-11-22)12-13-4-1-2-7-20-13/h1-7H,8-12H2. The molecule has 0 spiro atoms. The quantitative estimate of drug-likeness (QED) is 0.866. The third-order valence-electron chi connectivity index (χ3n) is 3.95. The van der Waals surface area contributed by atoms with E-state index in [1.54, 1.807) is 11.1 Å². The number of piperazine rings is 1. The predicted octanol–water partition coefficient (Wildman–Crippen LogP) is 2.83. The van der Waals surface area contributed by atoms with Crippen LogP contribution < -0.4 is 0 Å². The van der Waals surface area contributed by atoms with Crippen molar-refractivity contribution in [2.45, 2.75) is 6.54 Å². The highest BCUT2D eigenvalue weighted by Crippen LogP contribution is 2.21. The van der Waals surface area contributed by atoms with Gasteiger partial charge in [0.25, 0.3) is 5.91 Å². The number of pyridine rings is 1. The molecule has 0 radical (unpaired) electrons. The van der Waals surface area contributed by atoms with Crippen molar-refractivity contribution in [3.8, 4) is 0 Å². The molecule has 1 aromatic heterocycles. The number of hydrogen-bond acceptors (Lipinski definition) is 3. The predicted molar refractivity (Wildman–Crippen MR) is 86.8 cm³/mol. The molecule has 6 heteroatoms. The first-order valence-electron chi connectivity index (χ1n) is 7.50. The van der Waals surface area contributed by atoms with Crippen LogP contribution in [-0.4, -0.2) is 46.9 Å². The Kier molecular flexibility index (Phi) is 4.88. The number of aromatic nitrogens is 1. The zero-order chi connectivity index (χ0) is 16.2. The minimum atomic E-state index is -0.571. The molecule has 1 aliphatic heterocycles. The summed E-state index contributed by atoms with van der Waals surface area (Å²) in [6.07, 6.45) is 1.77. The maximum absolute atomic E-state index is 13.9. The summed E-state index contributed by atoms with van der Waals surface area (Å²) in [4.78, 5) is 20.7. The van der Waals surface area contributed by atoms with Crippen molar-refractivity contribution < 1.29 is 9.18 Å². The molecule has 1 saturated heterocycles. The maximum Gasteiger partial charge on any atom is 0.258 e. The first-order chi connectivity index (χ1) is 11.1. The van der Waals surface area contributed by atoms with E-state index in [1.807, 2.05) is 18.2 Å². The highest BCUT2D eigenvalue weighted by molar-refractivity contribution is 6.33. The Morgan fingerprint density at radius 1 is 1.13 bits per heavy atom. The lowest BCUT2D eigenvalue weighted by Gasteiger charge is -2.34. The Labute approximate surface area is 139 Å². The number of benzene rings is 1. The van der Waals surface area contributed by atoms with Crippen LogP contribution in [0.2, 0.25) is 5.02 Å². The smallest absolute Gasteiger partial charge is 0.258 e. The van der Waals surface area contributed by atoms with Crippen LogP contribution in [0.25, 0.3) is 0 Å². The van der Waals surface area contributed by atoms with Crippen LogP contribution in [0.15, 0.2) is 42.6 Å². The van der Waals surface area contributed by atoms with E-state index in [0.717, 1.165) is 25.3 Å². The molecule has 2 heterocycles. The molecule has 0 N–H and O–H groups in total. The summed E-state index contributed by atoms with van der Waals surface area (Å²) in [6, 6.07) is 10.1. The minimum Gasteiger partial charge on any atom is -0.336 e. The summed E-state index contributed by atoms with van der Waals surface area (Å²) in [5.74, 6) is -0.913. The molecule has 0 aliphatic carbocycles. The summed E-state index contributed by atoms with van der Waals surface area (Å²) >= 11 is 5.97. The second-order valence-corrected chi connectivity index (χ2v) is 5.89. The SMILES string of the molecule is O=C(c1c(F)cccc1Cl)N1CCN(Cc2ccccn2)CC1. The molecule has 3 rings (SSSR count). The third-order valence-corrected chi connectivity index (χ3v) is 4.26. The monoisotopic (exact) mass is 333 g/mol. The molecule has 23 heavy (non-hydrogen) atoms. The molecule has 4 nitrogen and oxygen atoms in total. The van der Waals surface area contributed by atoms with Crippen LogP contribution in [0.3, 0.4) is 0 Å². The molecule has 1 amide bonds. The fourth-order valence-corrected chi connectivity index (χ4v) is 2.93. The van der Waals surface area contributed by atoms with Crippen LogP contribution in [-0.2, 0) is 6.54 Å². The summed E-state index contributed by atoms with van der Waals surface area (Å²) in [6.45, 7) is 3.32. The van der Waals surface area contributed by atoms with E-state index < -0.39 is 5.82 Å². The van der Waals surface area contributed by atoms with Gasteiger partial charge in [-0.15, -0.1) is 0 Å². The van der Waals surface area contributed by atoms with Gasteiger partial charge in [0.15, 0.2) is 0 Å². The largest absolute Gasteiger partial charge is 0.336 e. The number of rotatable bonds is 3. The molecular formula is C17H17ClFN3O. The molecule has 1 aromatic carbocycles. The van der Waals surface area contributed by atoms with E-state index in [-0.39, 0.29) is 16.5 Å². The van der Waals surface area contributed by atoms with Gasteiger partial charge in [0.05, 0.1) is 16.3 Å². The molecule has 2 aromatic rings. The van der Waals surface area contributed by atoms with Crippen LogP contribution in [0.4, 0.5) is 4.39 Å². The van der Waals surface area contributed by atoms with Gasteiger partial charge in [0.2, 0.25) is 0 Å². The minimum absolute atomic E-state index is 0.0349. The van der Waals surface area contributed by atoms with E-state index >= 15 is 0 Å². The first kappa shape index (κ1) is 15.9. The van der Waals surface area contributed by atoms with Gasteiger partial charge in [-0.2, -0.15) is 0 Å². The van der Waals surface area contributed by atoms with Gasteiger partial charge in [0.1, 0.15) is 5.82 Å². The molecular weight excluding hydrogens is 317 g/mol. The first-order valence-corrected chi connectivity index (χ1v) is 7.88. The van der Waals surface area contributed by atoms with Gasteiger partial charge in [0, 0.05) is 38.9 Å². The molecule has 0 unspecified atom stereocenters. The maximum atomic E-state index is 13.9. The number of carbonyl (C=O) groups excluding carboxylic acids is 1. The van der Waals surface area contributed by atoms with Crippen LogP contribution in [0.5, 0.6) is 0 Å². The second-order valence-electron chi connectivity index (χ2n) is 5.49.